The summed E-state index contributed by atoms with van der Waals surface area (Å²) >= 11 is 0. The highest BCUT2D eigenvalue weighted by Crippen LogP contribution is 2.34. The van der Waals surface area contributed by atoms with Gasteiger partial charge in [-0.15, -0.1) is 0 Å². The molecule has 1 aliphatic rings. The lowest BCUT2D eigenvalue weighted by Gasteiger charge is -2.39. The molecule has 4 rings (SSSR count). The van der Waals surface area contributed by atoms with Crippen molar-refractivity contribution in [1.29, 1.82) is 0 Å². The van der Waals surface area contributed by atoms with Crippen LogP contribution in [-0.2, 0) is 27.2 Å². The molecule has 3 aromatic rings. The molecule has 1 aliphatic heterocycles. The van der Waals surface area contributed by atoms with Crippen molar-refractivity contribution in [2.24, 2.45) is 5.92 Å². The normalized spacial score (nSPS) is 16.0. The molecule has 9 heteroatoms. The third-order valence-electron chi connectivity index (χ3n) is 6.61. The number of anilines is 2. The van der Waals surface area contributed by atoms with Crippen LogP contribution in [0.3, 0.4) is 0 Å². The number of fused-ring (bicyclic) bond motifs is 1. The van der Waals surface area contributed by atoms with Crippen molar-refractivity contribution in [2.75, 3.05) is 10.2 Å². The summed E-state index contributed by atoms with van der Waals surface area (Å²) in [5.74, 6) is -2.35. The molecule has 0 fully saturated rings. The lowest BCUT2D eigenvalue weighted by atomic mass is 9.97. The van der Waals surface area contributed by atoms with Gasteiger partial charge in [0, 0.05) is 12.8 Å². The van der Waals surface area contributed by atoms with Crippen LogP contribution >= 0.6 is 0 Å². The molecule has 39 heavy (non-hydrogen) atoms. The monoisotopic (exact) mass is 528 g/mol. The Morgan fingerprint density at radius 2 is 1.36 bits per heavy atom. The zero-order chi connectivity index (χ0) is 27.9. The molecule has 0 aliphatic carbocycles. The molecular weight excluding hydrogens is 496 g/mol. The van der Waals surface area contributed by atoms with Crippen LogP contribution in [0.2, 0.25) is 0 Å². The van der Waals surface area contributed by atoms with Gasteiger partial charge in [0.05, 0.1) is 11.4 Å². The van der Waals surface area contributed by atoms with Gasteiger partial charge in [-0.05, 0) is 29.2 Å². The van der Waals surface area contributed by atoms with Gasteiger partial charge in [-0.1, -0.05) is 86.6 Å². The van der Waals surface area contributed by atoms with Gasteiger partial charge in [0.25, 0.3) is 0 Å². The van der Waals surface area contributed by atoms with Crippen LogP contribution in [0.4, 0.5) is 16.2 Å². The van der Waals surface area contributed by atoms with Crippen molar-refractivity contribution in [3.63, 3.8) is 0 Å². The summed E-state index contributed by atoms with van der Waals surface area (Å²) in [5.41, 5.74) is 2.54. The minimum Gasteiger partial charge on any atom is -0.480 e. The Morgan fingerprint density at radius 1 is 0.821 bits per heavy atom. The van der Waals surface area contributed by atoms with Crippen molar-refractivity contribution in [3.8, 4) is 0 Å². The van der Waals surface area contributed by atoms with Crippen LogP contribution in [0, 0.1) is 5.92 Å². The molecule has 0 bridgehead atoms. The number of amides is 4. The highest BCUT2D eigenvalue weighted by molar-refractivity contribution is 6.12. The van der Waals surface area contributed by atoms with E-state index in [1.54, 1.807) is 48.5 Å². The number of hydrogen-bond acceptors (Lipinski definition) is 4. The summed E-state index contributed by atoms with van der Waals surface area (Å²) in [6, 6.07) is 21.4. The molecule has 0 radical (unpaired) electrons. The first-order chi connectivity index (χ1) is 18.7. The van der Waals surface area contributed by atoms with E-state index in [0.717, 1.165) is 11.1 Å². The summed E-state index contributed by atoms with van der Waals surface area (Å²) in [7, 11) is 0. The molecule has 0 unspecified atom stereocenters. The zero-order valence-electron chi connectivity index (χ0n) is 21.8. The van der Waals surface area contributed by atoms with E-state index in [1.807, 2.05) is 50.2 Å². The quantitative estimate of drug-likeness (QED) is 0.337. The Kier molecular flexibility index (Phi) is 8.60. The Balaban J connectivity index is 1.61. The number of nitrogens with one attached hydrogen (secondary N) is 3. The van der Waals surface area contributed by atoms with E-state index in [0.29, 0.717) is 11.4 Å². The number of carbonyl (C=O) groups is 4. The molecule has 4 N–H and O–H groups in total. The van der Waals surface area contributed by atoms with E-state index in [9.17, 15) is 24.3 Å². The first-order valence-corrected chi connectivity index (χ1v) is 12.8. The van der Waals surface area contributed by atoms with E-state index in [-0.39, 0.29) is 24.7 Å². The number of hydrogen-bond donors (Lipinski definition) is 4. The summed E-state index contributed by atoms with van der Waals surface area (Å²) in [6.07, 6.45) is 0.215. The maximum atomic E-state index is 13.8. The average molecular weight is 529 g/mol. The summed E-state index contributed by atoms with van der Waals surface area (Å²) in [5, 5.41) is 18.1. The molecular formula is C30H32N4O5. The van der Waals surface area contributed by atoms with Crippen molar-refractivity contribution in [1.82, 2.24) is 10.6 Å². The van der Waals surface area contributed by atoms with Crippen LogP contribution in [0.25, 0.3) is 0 Å². The van der Waals surface area contributed by atoms with Crippen LogP contribution in [0.1, 0.15) is 25.0 Å². The molecule has 3 aromatic carbocycles. The van der Waals surface area contributed by atoms with Gasteiger partial charge in [-0.2, -0.15) is 0 Å². The summed E-state index contributed by atoms with van der Waals surface area (Å²) < 4.78 is 0. The number of urea groups is 1. The first kappa shape index (κ1) is 27.4. The Labute approximate surface area is 227 Å². The zero-order valence-corrected chi connectivity index (χ0v) is 21.8. The summed E-state index contributed by atoms with van der Waals surface area (Å²) in [6.45, 7) is 3.68. The standard InChI is InChI=1S/C30H32N4O5/c1-19(2)26-28(36)31-22-15-9-10-16-25(22)34(26)30(39)33-23(17-20-11-5-3-6-12-20)27(35)32-24(29(37)38)18-21-13-7-4-8-14-21/h3-16,19,23-24,26H,17-18H2,1-2H3,(H,31,36)(H,32,35)(H,33,39)(H,37,38)/t23-,24+,26-/m1/s1. The largest absolute Gasteiger partial charge is 0.480 e. The van der Waals surface area contributed by atoms with Crippen LogP contribution < -0.4 is 20.9 Å². The molecule has 0 aromatic heterocycles. The van der Waals surface area contributed by atoms with Crippen molar-refractivity contribution >= 4 is 35.2 Å². The number of para-hydroxylation sites is 2. The molecule has 4 amide bonds. The fraction of sp³-hybridized carbons (Fsp3) is 0.267. The molecule has 0 saturated heterocycles. The summed E-state index contributed by atoms with van der Waals surface area (Å²) in [4.78, 5) is 53.6. The van der Waals surface area contributed by atoms with Gasteiger partial charge in [-0.25, -0.2) is 9.59 Å². The number of nitrogens with zero attached hydrogens (tertiary/aromatic N) is 1. The third kappa shape index (κ3) is 6.62. The van der Waals surface area contributed by atoms with Crippen molar-refractivity contribution < 1.29 is 24.3 Å². The van der Waals surface area contributed by atoms with Gasteiger partial charge in [0.1, 0.15) is 18.1 Å². The molecule has 1 heterocycles. The lowest BCUT2D eigenvalue weighted by Crippen LogP contribution is -2.60. The van der Waals surface area contributed by atoms with Crippen LogP contribution in [0.15, 0.2) is 84.9 Å². The number of rotatable bonds is 9. The predicted molar refractivity (Wildman–Crippen MR) is 148 cm³/mol. The smallest absolute Gasteiger partial charge is 0.326 e. The first-order valence-electron chi connectivity index (χ1n) is 12.8. The highest BCUT2D eigenvalue weighted by Gasteiger charge is 2.40. The SMILES string of the molecule is CC(C)[C@@H]1C(=O)Nc2ccccc2N1C(=O)N[C@H](Cc1ccccc1)C(=O)N[C@@H](Cc1ccccc1)C(=O)O. The Morgan fingerprint density at radius 3 is 1.92 bits per heavy atom. The third-order valence-corrected chi connectivity index (χ3v) is 6.61. The predicted octanol–water partition coefficient (Wildman–Crippen LogP) is 3.60. The molecule has 202 valence electrons. The topological polar surface area (TPSA) is 128 Å². The van der Waals surface area contributed by atoms with Gasteiger partial charge in [0.15, 0.2) is 0 Å². The second kappa shape index (κ2) is 12.3. The van der Waals surface area contributed by atoms with Crippen LogP contribution in [-0.4, -0.2) is 47.0 Å². The molecule has 0 saturated carbocycles. The average Bonchev–Trinajstić information content (AvgIpc) is 2.92. The second-order valence-electron chi connectivity index (χ2n) is 9.85. The fourth-order valence-electron chi connectivity index (χ4n) is 4.70. The van der Waals surface area contributed by atoms with Gasteiger partial charge in [0.2, 0.25) is 11.8 Å². The van der Waals surface area contributed by atoms with E-state index in [2.05, 4.69) is 16.0 Å². The lowest BCUT2D eigenvalue weighted by molar-refractivity contribution is -0.142. The Bertz CT molecular complexity index is 1330. The fourth-order valence-corrected chi connectivity index (χ4v) is 4.70. The van der Waals surface area contributed by atoms with Crippen molar-refractivity contribution in [2.45, 2.75) is 44.8 Å². The van der Waals surface area contributed by atoms with E-state index < -0.39 is 36.0 Å². The number of carboxylic acids is 1. The number of carbonyl (C=O) groups excluding carboxylic acids is 3. The molecule has 3 atom stereocenters. The second-order valence-corrected chi connectivity index (χ2v) is 9.85. The van der Waals surface area contributed by atoms with Crippen molar-refractivity contribution in [3.05, 3.63) is 96.1 Å². The van der Waals surface area contributed by atoms with Gasteiger partial charge < -0.3 is 21.1 Å². The van der Waals surface area contributed by atoms with E-state index in [4.69, 9.17) is 0 Å². The van der Waals surface area contributed by atoms with E-state index in [1.165, 1.54) is 4.90 Å². The van der Waals surface area contributed by atoms with E-state index >= 15 is 0 Å². The van der Waals surface area contributed by atoms with Gasteiger partial charge >= 0.3 is 12.0 Å². The minimum absolute atomic E-state index is 0.0863. The minimum atomic E-state index is -1.19. The Hall–Kier alpha value is -4.66. The molecule has 0 spiro atoms. The number of carboxylic acid groups (broad SMARTS) is 1. The molecule has 9 nitrogen and oxygen atoms in total. The number of aliphatic carboxylic acids is 1. The maximum absolute atomic E-state index is 13.8. The van der Waals surface area contributed by atoms with Crippen LogP contribution in [0.5, 0.6) is 0 Å². The van der Waals surface area contributed by atoms with Gasteiger partial charge in [-0.3, -0.25) is 14.5 Å². The maximum Gasteiger partial charge on any atom is 0.326 e. The highest BCUT2D eigenvalue weighted by atomic mass is 16.4. The number of benzene rings is 3.